The number of halogens is 1. The summed E-state index contributed by atoms with van der Waals surface area (Å²) < 4.78 is 0.713. The minimum absolute atomic E-state index is 0.0644. The van der Waals surface area contributed by atoms with E-state index in [2.05, 4.69) is 21.2 Å². The smallest absolute Gasteiger partial charge is 0.273 e. The molecule has 0 unspecified atom stereocenters. The number of nitro groups is 1. The highest BCUT2D eigenvalue weighted by atomic mass is 79.9. The molecule has 0 amide bonds. The molecule has 1 aromatic rings. The second-order valence-electron chi connectivity index (χ2n) is 5.19. The van der Waals surface area contributed by atoms with Crippen molar-refractivity contribution in [2.24, 2.45) is 5.73 Å². The molecule has 0 heterocycles. The Morgan fingerprint density at radius 1 is 1.47 bits per heavy atom. The lowest BCUT2D eigenvalue weighted by Crippen LogP contribution is -2.42. The van der Waals surface area contributed by atoms with Crippen molar-refractivity contribution in [3.8, 4) is 0 Å². The third-order valence-electron chi connectivity index (χ3n) is 3.83. The van der Waals surface area contributed by atoms with Crippen LogP contribution < -0.4 is 11.1 Å². The zero-order chi connectivity index (χ0) is 14.0. The molecule has 0 aliphatic heterocycles. The van der Waals surface area contributed by atoms with Crippen LogP contribution in [0.1, 0.15) is 31.2 Å². The summed E-state index contributed by atoms with van der Waals surface area (Å²) in [6, 6.07) is 3.37. The van der Waals surface area contributed by atoms with E-state index >= 15 is 0 Å². The number of rotatable bonds is 4. The van der Waals surface area contributed by atoms with Gasteiger partial charge in [0.2, 0.25) is 0 Å². The van der Waals surface area contributed by atoms with Gasteiger partial charge < -0.3 is 11.1 Å². The van der Waals surface area contributed by atoms with E-state index in [0.29, 0.717) is 16.6 Å². The molecule has 1 fully saturated rings. The Balaban J connectivity index is 2.30. The van der Waals surface area contributed by atoms with E-state index in [-0.39, 0.29) is 16.1 Å². The predicted octanol–water partition coefficient (Wildman–Crippen LogP) is 3.35. The summed E-state index contributed by atoms with van der Waals surface area (Å²) in [7, 11) is 0. The Labute approximate surface area is 120 Å². The lowest BCUT2D eigenvalue weighted by atomic mass is 9.97. The lowest BCUT2D eigenvalue weighted by Gasteiger charge is -2.30. The third kappa shape index (κ3) is 2.90. The zero-order valence-electron chi connectivity index (χ0n) is 10.9. The summed E-state index contributed by atoms with van der Waals surface area (Å²) in [5.74, 6) is 0. The van der Waals surface area contributed by atoms with Gasteiger partial charge in [-0.3, -0.25) is 10.1 Å². The van der Waals surface area contributed by atoms with Gasteiger partial charge in [0.05, 0.1) is 4.92 Å². The number of nitro benzene ring substituents is 1. The Kier molecular flexibility index (Phi) is 4.10. The molecule has 2 rings (SSSR count). The summed E-state index contributed by atoms with van der Waals surface area (Å²) in [5.41, 5.74) is 7.50. The first-order valence-electron chi connectivity index (χ1n) is 6.40. The molecule has 0 bridgehead atoms. The maximum absolute atomic E-state index is 10.9. The fraction of sp³-hybridized carbons (Fsp3) is 0.538. The minimum atomic E-state index is -0.363. The standard InChI is InChI=1S/C13H18BrN3O2/c1-9-6-11(10(14)7-12(9)17(18)19)16-13(8-15)4-2-3-5-13/h6-7,16H,2-5,8,15H2,1H3. The Morgan fingerprint density at radius 3 is 2.63 bits per heavy atom. The maximum atomic E-state index is 10.9. The summed E-state index contributed by atoms with van der Waals surface area (Å²) in [5, 5.41) is 14.4. The van der Waals surface area contributed by atoms with Gasteiger partial charge in [-0.15, -0.1) is 0 Å². The van der Waals surface area contributed by atoms with Crippen LogP contribution in [0.25, 0.3) is 0 Å². The summed E-state index contributed by atoms with van der Waals surface area (Å²) in [6.07, 6.45) is 4.44. The number of benzene rings is 1. The molecule has 5 nitrogen and oxygen atoms in total. The van der Waals surface area contributed by atoms with Crippen LogP contribution >= 0.6 is 15.9 Å². The van der Waals surface area contributed by atoms with E-state index in [1.54, 1.807) is 13.0 Å². The van der Waals surface area contributed by atoms with Gasteiger partial charge in [0.15, 0.2) is 0 Å². The second-order valence-corrected chi connectivity index (χ2v) is 6.05. The van der Waals surface area contributed by atoms with E-state index in [1.807, 2.05) is 6.07 Å². The van der Waals surface area contributed by atoms with Crippen molar-refractivity contribution in [2.45, 2.75) is 38.1 Å². The first-order valence-corrected chi connectivity index (χ1v) is 7.19. The molecule has 104 valence electrons. The van der Waals surface area contributed by atoms with Crippen molar-refractivity contribution in [1.29, 1.82) is 0 Å². The maximum Gasteiger partial charge on any atom is 0.273 e. The molecular formula is C13H18BrN3O2. The average molecular weight is 328 g/mol. The van der Waals surface area contributed by atoms with E-state index in [1.165, 1.54) is 12.8 Å². The van der Waals surface area contributed by atoms with Crippen LogP contribution in [0.5, 0.6) is 0 Å². The molecule has 1 aliphatic carbocycles. The van der Waals surface area contributed by atoms with Crippen LogP contribution in [0, 0.1) is 17.0 Å². The van der Waals surface area contributed by atoms with Crippen molar-refractivity contribution in [1.82, 2.24) is 0 Å². The number of aryl methyl sites for hydroxylation is 1. The van der Waals surface area contributed by atoms with Crippen LogP contribution in [0.15, 0.2) is 16.6 Å². The fourth-order valence-corrected chi connectivity index (χ4v) is 3.11. The van der Waals surface area contributed by atoms with Gasteiger partial charge in [0.1, 0.15) is 0 Å². The number of hydrogen-bond acceptors (Lipinski definition) is 4. The van der Waals surface area contributed by atoms with Gasteiger partial charge >= 0.3 is 0 Å². The molecule has 3 N–H and O–H groups in total. The summed E-state index contributed by atoms with van der Waals surface area (Å²) in [4.78, 5) is 10.5. The van der Waals surface area contributed by atoms with Gasteiger partial charge in [-0.1, -0.05) is 12.8 Å². The quantitative estimate of drug-likeness (QED) is 0.656. The number of nitrogens with two attached hydrogens (primary N) is 1. The highest BCUT2D eigenvalue weighted by Gasteiger charge is 2.33. The third-order valence-corrected chi connectivity index (χ3v) is 4.49. The number of nitrogens with zero attached hydrogens (tertiary/aromatic N) is 1. The van der Waals surface area contributed by atoms with Crippen molar-refractivity contribution >= 4 is 27.3 Å². The molecule has 0 spiro atoms. The van der Waals surface area contributed by atoms with Crippen LogP contribution in [-0.4, -0.2) is 17.0 Å². The number of hydrogen-bond donors (Lipinski definition) is 2. The lowest BCUT2D eigenvalue weighted by molar-refractivity contribution is -0.385. The van der Waals surface area contributed by atoms with Crippen LogP contribution in [0.3, 0.4) is 0 Å². The predicted molar refractivity (Wildman–Crippen MR) is 79.4 cm³/mol. The second kappa shape index (κ2) is 5.46. The highest BCUT2D eigenvalue weighted by Crippen LogP contribution is 2.37. The van der Waals surface area contributed by atoms with Crippen LogP contribution in [0.4, 0.5) is 11.4 Å². The SMILES string of the molecule is Cc1cc(NC2(CN)CCCC2)c(Br)cc1[N+](=O)[O-]. The topological polar surface area (TPSA) is 81.2 Å². The van der Waals surface area contributed by atoms with Crippen molar-refractivity contribution in [3.63, 3.8) is 0 Å². The number of nitrogens with one attached hydrogen (secondary N) is 1. The Morgan fingerprint density at radius 2 is 2.11 bits per heavy atom. The molecule has 1 saturated carbocycles. The van der Waals surface area contributed by atoms with Crippen LogP contribution in [-0.2, 0) is 0 Å². The molecule has 0 saturated heterocycles. The summed E-state index contributed by atoms with van der Waals surface area (Å²) >= 11 is 3.40. The largest absolute Gasteiger partial charge is 0.377 e. The molecule has 0 aromatic heterocycles. The first kappa shape index (κ1) is 14.3. The normalized spacial score (nSPS) is 17.4. The van der Waals surface area contributed by atoms with Gasteiger partial charge in [0, 0.05) is 33.9 Å². The molecule has 19 heavy (non-hydrogen) atoms. The van der Waals surface area contributed by atoms with E-state index in [9.17, 15) is 10.1 Å². The molecule has 0 radical (unpaired) electrons. The van der Waals surface area contributed by atoms with Gasteiger partial charge in [0.25, 0.3) is 5.69 Å². The van der Waals surface area contributed by atoms with Gasteiger partial charge in [-0.25, -0.2) is 0 Å². The molecule has 1 aromatic carbocycles. The van der Waals surface area contributed by atoms with Gasteiger partial charge in [-0.2, -0.15) is 0 Å². The molecule has 6 heteroatoms. The van der Waals surface area contributed by atoms with E-state index < -0.39 is 0 Å². The van der Waals surface area contributed by atoms with Crippen molar-refractivity contribution in [2.75, 3.05) is 11.9 Å². The van der Waals surface area contributed by atoms with Gasteiger partial charge in [-0.05, 0) is 41.8 Å². The van der Waals surface area contributed by atoms with Crippen molar-refractivity contribution < 1.29 is 4.92 Å². The zero-order valence-corrected chi connectivity index (χ0v) is 12.5. The van der Waals surface area contributed by atoms with Crippen LogP contribution in [0.2, 0.25) is 0 Å². The van der Waals surface area contributed by atoms with Crippen molar-refractivity contribution in [3.05, 3.63) is 32.3 Å². The summed E-state index contributed by atoms with van der Waals surface area (Å²) in [6.45, 7) is 2.33. The van der Waals surface area contributed by atoms with E-state index in [4.69, 9.17) is 5.73 Å². The van der Waals surface area contributed by atoms with E-state index in [0.717, 1.165) is 18.5 Å². The highest BCUT2D eigenvalue weighted by molar-refractivity contribution is 9.10. The Bertz CT molecular complexity index is 499. The molecule has 1 aliphatic rings. The minimum Gasteiger partial charge on any atom is -0.377 e. The number of anilines is 1. The molecular weight excluding hydrogens is 310 g/mol. The Hall–Kier alpha value is -1.14. The fourth-order valence-electron chi connectivity index (χ4n) is 2.68. The average Bonchev–Trinajstić information content (AvgIpc) is 2.82. The monoisotopic (exact) mass is 327 g/mol. The first-order chi connectivity index (χ1) is 8.97. The molecule has 0 atom stereocenters.